The molecule has 0 aliphatic carbocycles. The van der Waals surface area contributed by atoms with Crippen LogP contribution >= 0.6 is 11.6 Å². The Kier molecular flexibility index (Phi) is 2.74. The van der Waals surface area contributed by atoms with Crippen molar-refractivity contribution in [3.8, 4) is 17.1 Å². The molecule has 0 bridgehead atoms. The van der Waals surface area contributed by atoms with Gasteiger partial charge in [0.05, 0.1) is 24.0 Å². The maximum Gasteiger partial charge on any atom is 0.148 e. The zero-order valence-electron chi connectivity index (χ0n) is 10.4. The Morgan fingerprint density at radius 2 is 2.33 bits per heavy atom. The van der Waals surface area contributed by atoms with E-state index in [1.165, 1.54) is 5.69 Å². The van der Waals surface area contributed by atoms with Crippen LogP contribution in [0.5, 0.6) is 5.75 Å². The monoisotopic (exact) mass is 263 g/mol. The molecule has 3 heterocycles. The average Bonchev–Trinajstić information content (AvgIpc) is 2.57. The number of halogens is 1. The minimum Gasteiger partial charge on any atom is -0.489 e. The summed E-state index contributed by atoms with van der Waals surface area (Å²) < 4.78 is 7.89. The number of ether oxygens (including phenoxy) is 1. The van der Waals surface area contributed by atoms with Crippen LogP contribution in [0.25, 0.3) is 11.4 Å². The summed E-state index contributed by atoms with van der Waals surface area (Å²) in [6, 6.07) is 1.82. The summed E-state index contributed by atoms with van der Waals surface area (Å²) in [4.78, 5) is 8.77. The summed E-state index contributed by atoms with van der Waals surface area (Å²) in [6.45, 7) is 5.65. The highest BCUT2D eigenvalue weighted by molar-refractivity contribution is 6.29. The van der Waals surface area contributed by atoms with Crippen LogP contribution in [-0.2, 0) is 13.0 Å². The number of imidazole rings is 1. The molecule has 0 aromatic carbocycles. The van der Waals surface area contributed by atoms with Crippen LogP contribution in [0.2, 0.25) is 5.15 Å². The molecule has 0 saturated heterocycles. The van der Waals surface area contributed by atoms with Crippen LogP contribution < -0.4 is 4.74 Å². The molecular formula is C13H14ClN3O. The molecule has 3 rings (SSSR count). The second kappa shape index (κ2) is 4.28. The largest absolute Gasteiger partial charge is 0.489 e. The van der Waals surface area contributed by atoms with Crippen molar-refractivity contribution in [2.24, 2.45) is 0 Å². The molecule has 94 valence electrons. The summed E-state index contributed by atoms with van der Waals surface area (Å²) in [6.07, 6.45) is 2.60. The predicted octanol–water partition coefficient (Wildman–Crippen LogP) is 2.86. The van der Waals surface area contributed by atoms with Crippen LogP contribution in [0.1, 0.15) is 18.3 Å². The van der Waals surface area contributed by atoms with Crippen molar-refractivity contribution in [2.75, 3.05) is 6.61 Å². The number of hydrogen-bond donors (Lipinski definition) is 0. The first kappa shape index (κ1) is 11.5. The Hall–Kier alpha value is -1.55. The van der Waals surface area contributed by atoms with Gasteiger partial charge in [0, 0.05) is 5.69 Å². The molecule has 18 heavy (non-hydrogen) atoms. The van der Waals surface area contributed by atoms with Gasteiger partial charge in [-0.2, -0.15) is 0 Å². The van der Waals surface area contributed by atoms with Gasteiger partial charge in [0.1, 0.15) is 23.3 Å². The third-order valence-corrected chi connectivity index (χ3v) is 3.51. The van der Waals surface area contributed by atoms with Gasteiger partial charge in [-0.15, -0.1) is 0 Å². The van der Waals surface area contributed by atoms with Crippen LogP contribution in [0.15, 0.2) is 12.3 Å². The zero-order chi connectivity index (χ0) is 12.7. The molecule has 2 aromatic rings. The number of rotatable bonds is 1. The lowest BCUT2D eigenvalue weighted by molar-refractivity contribution is 0.304. The molecular weight excluding hydrogens is 250 g/mol. The summed E-state index contributed by atoms with van der Waals surface area (Å²) in [7, 11) is 0. The van der Waals surface area contributed by atoms with Gasteiger partial charge in [0.25, 0.3) is 0 Å². The van der Waals surface area contributed by atoms with Gasteiger partial charge < -0.3 is 9.30 Å². The number of hydrogen-bond acceptors (Lipinski definition) is 3. The van der Waals surface area contributed by atoms with Crippen LogP contribution in [0, 0.1) is 6.92 Å². The molecule has 2 aromatic heterocycles. The van der Waals surface area contributed by atoms with E-state index in [9.17, 15) is 0 Å². The Morgan fingerprint density at radius 1 is 1.50 bits per heavy atom. The molecule has 0 unspecified atom stereocenters. The van der Waals surface area contributed by atoms with E-state index < -0.39 is 0 Å². The van der Waals surface area contributed by atoms with E-state index in [4.69, 9.17) is 21.3 Å². The average molecular weight is 264 g/mol. The first-order chi connectivity index (χ1) is 8.70. The highest BCUT2D eigenvalue weighted by Crippen LogP contribution is 2.34. The second-order valence-electron chi connectivity index (χ2n) is 4.32. The van der Waals surface area contributed by atoms with Crippen molar-refractivity contribution in [1.29, 1.82) is 0 Å². The number of aromatic nitrogens is 3. The highest BCUT2D eigenvalue weighted by Gasteiger charge is 2.21. The second-order valence-corrected chi connectivity index (χ2v) is 4.71. The lowest BCUT2D eigenvalue weighted by Gasteiger charge is -2.05. The normalized spacial score (nSPS) is 13.5. The Morgan fingerprint density at radius 3 is 3.11 bits per heavy atom. The molecule has 0 fully saturated rings. The van der Waals surface area contributed by atoms with Gasteiger partial charge in [-0.1, -0.05) is 18.5 Å². The van der Waals surface area contributed by atoms with E-state index in [0.717, 1.165) is 35.8 Å². The number of nitrogens with zero attached hydrogens (tertiary/aromatic N) is 3. The molecule has 0 N–H and O–H groups in total. The van der Waals surface area contributed by atoms with Crippen molar-refractivity contribution in [3.63, 3.8) is 0 Å². The Labute approximate surface area is 111 Å². The van der Waals surface area contributed by atoms with E-state index in [-0.39, 0.29) is 0 Å². The predicted molar refractivity (Wildman–Crippen MR) is 70.1 cm³/mol. The Balaban J connectivity index is 2.26. The van der Waals surface area contributed by atoms with Gasteiger partial charge in [-0.25, -0.2) is 9.97 Å². The first-order valence-electron chi connectivity index (χ1n) is 6.05. The molecule has 0 amide bonds. The third-order valence-electron chi connectivity index (χ3n) is 3.30. The van der Waals surface area contributed by atoms with E-state index in [1.54, 1.807) is 6.20 Å². The lowest BCUT2D eigenvalue weighted by atomic mass is 10.2. The van der Waals surface area contributed by atoms with Crippen LogP contribution in [0.3, 0.4) is 0 Å². The lowest BCUT2D eigenvalue weighted by Crippen LogP contribution is -2.07. The minimum atomic E-state index is 0.463. The molecule has 0 radical (unpaired) electrons. The van der Waals surface area contributed by atoms with Crippen molar-refractivity contribution < 1.29 is 4.74 Å². The number of aryl methyl sites for hydroxylation is 1. The highest BCUT2D eigenvalue weighted by atomic mass is 35.5. The SMILES string of the molecule is CCc1nc2n(c1C)CCOc1cnc(Cl)cc1-2. The van der Waals surface area contributed by atoms with E-state index >= 15 is 0 Å². The van der Waals surface area contributed by atoms with E-state index in [1.807, 2.05) is 6.07 Å². The smallest absolute Gasteiger partial charge is 0.148 e. The molecule has 0 spiro atoms. The molecule has 4 nitrogen and oxygen atoms in total. The van der Waals surface area contributed by atoms with Crippen molar-refractivity contribution in [1.82, 2.24) is 14.5 Å². The number of pyridine rings is 1. The van der Waals surface area contributed by atoms with Gasteiger partial charge in [-0.05, 0) is 19.4 Å². The topological polar surface area (TPSA) is 39.9 Å². The summed E-state index contributed by atoms with van der Waals surface area (Å²) >= 11 is 5.97. The molecule has 1 aliphatic rings. The van der Waals surface area contributed by atoms with E-state index in [0.29, 0.717) is 11.8 Å². The van der Waals surface area contributed by atoms with Crippen molar-refractivity contribution in [2.45, 2.75) is 26.8 Å². The maximum absolute atomic E-state index is 5.97. The molecule has 1 aliphatic heterocycles. The fourth-order valence-corrected chi connectivity index (χ4v) is 2.51. The number of fused-ring (bicyclic) bond motifs is 3. The minimum absolute atomic E-state index is 0.463. The summed E-state index contributed by atoms with van der Waals surface area (Å²) in [5.41, 5.74) is 3.26. The fraction of sp³-hybridized carbons (Fsp3) is 0.385. The van der Waals surface area contributed by atoms with Crippen molar-refractivity contribution >= 4 is 11.6 Å². The quantitative estimate of drug-likeness (QED) is 0.743. The zero-order valence-corrected chi connectivity index (χ0v) is 11.2. The van der Waals surface area contributed by atoms with E-state index in [2.05, 4.69) is 23.4 Å². The molecule has 0 atom stereocenters. The fourth-order valence-electron chi connectivity index (χ4n) is 2.35. The van der Waals surface area contributed by atoms with Gasteiger partial charge in [-0.3, -0.25) is 0 Å². The maximum atomic E-state index is 5.97. The first-order valence-corrected chi connectivity index (χ1v) is 6.43. The van der Waals surface area contributed by atoms with Gasteiger partial charge >= 0.3 is 0 Å². The summed E-state index contributed by atoms with van der Waals surface area (Å²) in [5, 5.41) is 0.463. The molecule has 5 heteroatoms. The standard InChI is InChI=1S/C13H14ClN3O/c1-3-10-8(2)17-4-5-18-11-7-15-12(14)6-9(11)13(17)16-10/h6-7H,3-5H2,1-2H3. The Bertz CT molecular complexity index is 607. The van der Waals surface area contributed by atoms with Gasteiger partial charge in [0.2, 0.25) is 0 Å². The molecule has 0 saturated carbocycles. The van der Waals surface area contributed by atoms with Crippen LogP contribution in [0.4, 0.5) is 0 Å². The van der Waals surface area contributed by atoms with Crippen LogP contribution in [-0.4, -0.2) is 21.1 Å². The van der Waals surface area contributed by atoms with Gasteiger partial charge in [0.15, 0.2) is 0 Å². The summed E-state index contributed by atoms with van der Waals surface area (Å²) in [5.74, 6) is 1.69. The third kappa shape index (κ3) is 1.68. The van der Waals surface area contributed by atoms with Crippen molar-refractivity contribution in [3.05, 3.63) is 28.8 Å².